The van der Waals surface area contributed by atoms with Crippen LogP contribution in [0.5, 0.6) is 5.75 Å². The molecule has 2 aromatic rings. The lowest BCUT2D eigenvalue weighted by Crippen LogP contribution is -2.30. The highest BCUT2D eigenvalue weighted by molar-refractivity contribution is 9.10. The van der Waals surface area contributed by atoms with Gasteiger partial charge in [-0.05, 0) is 45.8 Å². The Labute approximate surface area is 163 Å². The van der Waals surface area contributed by atoms with Crippen molar-refractivity contribution in [2.24, 2.45) is 0 Å². The van der Waals surface area contributed by atoms with Gasteiger partial charge in [-0.3, -0.25) is 9.69 Å². The van der Waals surface area contributed by atoms with Gasteiger partial charge in [0.05, 0.1) is 11.0 Å². The van der Waals surface area contributed by atoms with E-state index >= 15 is 0 Å². The van der Waals surface area contributed by atoms with E-state index in [1.165, 1.54) is 18.2 Å². The fourth-order valence-corrected chi connectivity index (χ4v) is 3.03. The summed E-state index contributed by atoms with van der Waals surface area (Å²) in [5.74, 6) is 1.95. The van der Waals surface area contributed by atoms with Crippen LogP contribution in [-0.2, 0) is 11.3 Å². The monoisotopic (exact) mass is 428 g/mol. The van der Waals surface area contributed by atoms with Gasteiger partial charge in [0.15, 0.2) is 0 Å². The van der Waals surface area contributed by atoms with Gasteiger partial charge in [-0.2, -0.15) is 0 Å². The van der Waals surface area contributed by atoms with Crippen molar-refractivity contribution in [3.8, 4) is 18.1 Å². The molecule has 3 amide bonds. The van der Waals surface area contributed by atoms with E-state index in [0.29, 0.717) is 15.8 Å². The number of halogens is 2. The molecule has 1 aliphatic rings. The van der Waals surface area contributed by atoms with E-state index in [-0.39, 0.29) is 24.4 Å². The topological polar surface area (TPSA) is 58.6 Å². The second-order valence-corrected chi connectivity index (χ2v) is 6.51. The number of carbonyl (C=O) groups excluding carboxylic acids is 2. The summed E-state index contributed by atoms with van der Waals surface area (Å²) < 4.78 is 19.8. The van der Waals surface area contributed by atoms with Gasteiger partial charge in [-0.1, -0.05) is 30.2 Å². The molecule has 1 N–H and O–H groups in total. The zero-order chi connectivity index (χ0) is 19.4. The van der Waals surface area contributed by atoms with Crippen LogP contribution in [0, 0.1) is 18.2 Å². The van der Waals surface area contributed by atoms with Gasteiger partial charge in [0.1, 0.15) is 23.9 Å². The highest BCUT2D eigenvalue weighted by Crippen LogP contribution is 2.27. The van der Waals surface area contributed by atoms with Gasteiger partial charge in [-0.25, -0.2) is 9.18 Å². The summed E-state index contributed by atoms with van der Waals surface area (Å²) >= 11 is 3.37. The molecule has 5 nitrogen and oxygen atoms in total. The minimum Gasteiger partial charge on any atom is -0.480 e. The third-order valence-electron chi connectivity index (χ3n) is 3.83. The van der Waals surface area contributed by atoms with Crippen molar-refractivity contribution >= 4 is 33.9 Å². The van der Waals surface area contributed by atoms with E-state index in [4.69, 9.17) is 11.2 Å². The van der Waals surface area contributed by atoms with Crippen molar-refractivity contribution < 1.29 is 18.7 Å². The van der Waals surface area contributed by atoms with E-state index in [9.17, 15) is 14.0 Å². The first kappa shape index (κ1) is 18.7. The van der Waals surface area contributed by atoms with Crippen LogP contribution in [0.25, 0.3) is 6.08 Å². The molecule has 0 unspecified atom stereocenters. The van der Waals surface area contributed by atoms with Crippen LogP contribution in [0.15, 0.2) is 52.6 Å². The van der Waals surface area contributed by atoms with Gasteiger partial charge in [0.25, 0.3) is 5.91 Å². The molecule has 0 aromatic heterocycles. The minimum absolute atomic E-state index is 0.112. The maximum atomic E-state index is 13.8. The van der Waals surface area contributed by atoms with Crippen molar-refractivity contribution in [3.05, 3.63) is 69.6 Å². The molecule has 1 fully saturated rings. The van der Waals surface area contributed by atoms with Crippen LogP contribution in [0.2, 0.25) is 0 Å². The summed E-state index contributed by atoms with van der Waals surface area (Å²) in [5, 5.41) is 2.51. The van der Waals surface area contributed by atoms with Crippen LogP contribution in [0.4, 0.5) is 9.18 Å². The Balaban J connectivity index is 1.79. The summed E-state index contributed by atoms with van der Waals surface area (Å²) in [6.07, 6.45) is 6.70. The molecule has 27 heavy (non-hydrogen) atoms. The molecule has 1 heterocycles. The van der Waals surface area contributed by atoms with Crippen molar-refractivity contribution in [3.63, 3.8) is 0 Å². The molecule has 2 aromatic carbocycles. The first-order valence-corrected chi connectivity index (χ1v) is 8.72. The zero-order valence-corrected chi connectivity index (χ0v) is 15.6. The average molecular weight is 429 g/mol. The third-order valence-corrected chi connectivity index (χ3v) is 4.45. The van der Waals surface area contributed by atoms with Crippen molar-refractivity contribution in [2.45, 2.75) is 6.54 Å². The summed E-state index contributed by atoms with van der Waals surface area (Å²) in [6.45, 7) is -0.00414. The van der Waals surface area contributed by atoms with Gasteiger partial charge >= 0.3 is 6.03 Å². The predicted molar refractivity (Wildman–Crippen MR) is 102 cm³/mol. The Morgan fingerprint density at radius 2 is 2.04 bits per heavy atom. The largest absolute Gasteiger partial charge is 0.480 e. The molecule has 0 radical (unpaired) electrons. The van der Waals surface area contributed by atoms with E-state index < -0.39 is 17.8 Å². The lowest BCUT2D eigenvalue weighted by molar-refractivity contribution is -0.123. The van der Waals surface area contributed by atoms with Gasteiger partial charge in [0.2, 0.25) is 0 Å². The molecule has 136 valence electrons. The van der Waals surface area contributed by atoms with E-state index in [2.05, 4.69) is 27.2 Å². The minimum atomic E-state index is -0.595. The first-order valence-electron chi connectivity index (χ1n) is 7.93. The Hall–Kier alpha value is -3.11. The molecule has 0 bridgehead atoms. The number of hydrogen-bond acceptors (Lipinski definition) is 3. The Morgan fingerprint density at radius 1 is 1.26 bits per heavy atom. The summed E-state index contributed by atoms with van der Waals surface area (Å²) in [5.41, 5.74) is 1.05. The number of terminal acetylenes is 1. The van der Waals surface area contributed by atoms with Crippen LogP contribution in [0.3, 0.4) is 0 Å². The van der Waals surface area contributed by atoms with Gasteiger partial charge < -0.3 is 10.1 Å². The highest BCUT2D eigenvalue weighted by Gasteiger charge is 2.33. The fourth-order valence-electron chi connectivity index (χ4n) is 2.52. The van der Waals surface area contributed by atoms with E-state index in [1.807, 2.05) is 0 Å². The molecular formula is C20H14BrFN2O3. The number of benzene rings is 2. The lowest BCUT2D eigenvalue weighted by atomic mass is 10.1. The summed E-state index contributed by atoms with van der Waals surface area (Å²) in [4.78, 5) is 25.6. The number of amides is 3. The number of hydrogen-bond donors (Lipinski definition) is 1. The SMILES string of the molecule is C#CCOc1ccc(/C=C2\NC(=O)N(Cc3ccccc3F)C2=O)cc1Br. The standard InChI is InChI=1S/C20H14BrFN2O3/c1-2-9-27-18-8-7-13(10-15(18)21)11-17-19(25)24(20(26)23-17)12-14-5-3-4-6-16(14)22/h1,3-8,10-11H,9,12H2,(H,23,26)/b17-11-. The maximum Gasteiger partial charge on any atom is 0.329 e. The number of urea groups is 1. The number of rotatable bonds is 5. The number of imide groups is 1. The fraction of sp³-hybridized carbons (Fsp3) is 0.100. The van der Waals surface area contributed by atoms with Crippen molar-refractivity contribution in [1.29, 1.82) is 0 Å². The van der Waals surface area contributed by atoms with Crippen LogP contribution in [0.1, 0.15) is 11.1 Å². The number of nitrogens with one attached hydrogen (secondary N) is 1. The van der Waals surface area contributed by atoms with Crippen molar-refractivity contribution in [2.75, 3.05) is 6.61 Å². The van der Waals surface area contributed by atoms with Gasteiger partial charge in [-0.15, -0.1) is 6.42 Å². The third kappa shape index (κ3) is 4.18. The van der Waals surface area contributed by atoms with Gasteiger partial charge in [0, 0.05) is 5.56 Å². The van der Waals surface area contributed by atoms with Crippen LogP contribution < -0.4 is 10.1 Å². The van der Waals surface area contributed by atoms with Crippen molar-refractivity contribution in [1.82, 2.24) is 10.2 Å². The second kappa shape index (κ2) is 8.06. The number of nitrogens with zero attached hydrogens (tertiary/aromatic N) is 1. The Bertz CT molecular complexity index is 981. The quantitative estimate of drug-likeness (QED) is 0.448. The number of ether oxygens (including phenoxy) is 1. The molecule has 0 aliphatic carbocycles. The Kier molecular flexibility index (Phi) is 5.57. The molecule has 0 saturated carbocycles. The lowest BCUT2D eigenvalue weighted by Gasteiger charge is -2.12. The summed E-state index contributed by atoms with van der Waals surface area (Å²) in [6, 6.07) is 10.6. The van der Waals surface area contributed by atoms with E-state index in [0.717, 1.165) is 4.90 Å². The zero-order valence-electron chi connectivity index (χ0n) is 14.0. The molecule has 0 spiro atoms. The normalized spacial score (nSPS) is 15.0. The summed E-state index contributed by atoms with van der Waals surface area (Å²) in [7, 11) is 0. The molecule has 7 heteroatoms. The second-order valence-electron chi connectivity index (χ2n) is 5.65. The Morgan fingerprint density at radius 3 is 2.74 bits per heavy atom. The predicted octanol–water partition coefficient (Wildman–Crippen LogP) is 3.69. The number of carbonyl (C=O) groups is 2. The van der Waals surface area contributed by atoms with Crippen LogP contribution >= 0.6 is 15.9 Å². The molecule has 1 saturated heterocycles. The smallest absolute Gasteiger partial charge is 0.329 e. The maximum absolute atomic E-state index is 13.8. The molecule has 1 aliphatic heterocycles. The van der Waals surface area contributed by atoms with Crippen LogP contribution in [-0.4, -0.2) is 23.4 Å². The van der Waals surface area contributed by atoms with E-state index in [1.54, 1.807) is 30.3 Å². The first-order chi connectivity index (χ1) is 13.0. The molecule has 3 rings (SSSR count). The average Bonchev–Trinajstić information content (AvgIpc) is 2.90. The molecule has 0 atom stereocenters. The highest BCUT2D eigenvalue weighted by atomic mass is 79.9. The molecular weight excluding hydrogens is 415 g/mol.